The molecule has 0 aromatic heterocycles. The second-order valence-electron chi connectivity index (χ2n) is 20.5. The molecular weight excluding hydrogens is 823 g/mol. The third-order valence-electron chi connectivity index (χ3n) is 13.9. The van der Waals surface area contributed by atoms with Crippen LogP contribution in [0.1, 0.15) is 316 Å². The standard InChI is InChI=1S/C62H117NO4/c1-3-5-7-9-11-13-15-17-19-21-23-25-26-27-28-29-30-31-32-33-34-35-36-37-39-41-43-45-47-49-51-53-55-57-61(66)63-59(58-64)62(67)60(65)56-54-52-50-48-46-44-42-40-38-24-22-20-18-16-14-12-10-8-6-4-2/h23,25,27-28,40,42,48,50,59-60,62,64-65,67H,3-22,24,26,29-39,41,43-47,49,51-58H2,1-2H3,(H,63,66)/b25-23-,28-27-,42-40+,50-48+. The summed E-state index contributed by atoms with van der Waals surface area (Å²) in [5.41, 5.74) is 0. The highest BCUT2D eigenvalue weighted by atomic mass is 16.3. The first kappa shape index (κ1) is 65.3. The Kier molecular flexibility index (Phi) is 55.5. The van der Waals surface area contributed by atoms with Crippen LogP contribution in [0, 0.1) is 0 Å². The van der Waals surface area contributed by atoms with Crippen LogP contribution >= 0.6 is 0 Å². The molecule has 67 heavy (non-hydrogen) atoms. The third kappa shape index (κ3) is 52.0. The Morgan fingerprint density at radius 3 is 1.00 bits per heavy atom. The average molecular weight is 941 g/mol. The van der Waals surface area contributed by atoms with E-state index in [0.29, 0.717) is 12.8 Å². The summed E-state index contributed by atoms with van der Waals surface area (Å²) in [6.45, 7) is 4.19. The van der Waals surface area contributed by atoms with Crippen molar-refractivity contribution in [2.75, 3.05) is 6.61 Å². The summed E-state index contributed by atoms with van der Waals surface area (Å²) in [5.74, 6) is -0.155. The largest absolute Gasteiger partial charge is 0.394 e. The van der Waals surface area contributed by atoms with Crippen LogP contribution in [0.25, 0.3) is 0 Å². The van der Waals surface area contributed by atoms with Gasteiger partial charge in [0.1, 0.15) is 6.10 Å². The Morgan fingerprint density at radius 1 is 0.373 bits per heavy atom. The molecule has 0 aromatic rings. The van der Waals surface area contributed by atoms with E-state index in [9.17, 15) is 20.1 Å². The number of allylic oxidation sites excluding steroid dienone is 8. The van der Waals surface area contributed by atoms with Crippen molar-refractivity contribution in [2.45, 2.75) is 334 Å². The second kappa shape index (κ2) is 56.9. The summed E-state index contributed by atoms with van der Waals surface area (Å²) in [4.78, 5) is 12.5. The van der Waals surface area contributed by atoms with E-state index in [2.05, 4.69) is 67.8 Å². The van der Waals surface area contributed by atoms with Gasteiger partial charge in [0.15, 0.2) is 0 Å². The number of aliphatic hydroxyl groups excluding tert-OH is 3. The molecule has 0 spiro atoms. The predicted molar refractivity (Wildman–Crippen MR) is 296 cm³/mol. The molecule has 0 aliphatic rings. The first-order valence-electron chi connectivity index (χ1n) is 29.9. The van der Waals surface area contributed by atoms with E-state index >= 15 is 0 Å². The summed E-state index contributed by atoms with van der Waals surface area (Å²) in [6, 6.07) is -0.834. The monoisotopic (exact) mass is 940 g/mol. The van der Waals surface area contributed by atoms with Crippen LogP contribution in [0.5, 0.6) is 0 Å². The zero-order valence-corrected chi connectivity index (χ0v) is 45.0. The first-order valence-corrected chi connectivity index (χ1v) is 29.9. The molecule has 0 fully saturated rings. The van der Waals surface area contributed by atoms with Gasteiger partial charge in [-0.1, -0.05) is 274 Å². The average Bonchev–Trinajstić information content (AvgIpc) is 3.33. The lowest BCUT2D eigenvalue weighted by Crippen LogP contribution is -2.50. The molecule has 1 amide bonds. The van der Waals surface area contributed by atoms with Crippen molar-refractivity contribution >= 4 is 5.91 Å². The van der Waals surface area contributed by atoms with Crippen LogP contribution in [0.2, 0.25) is 0 Å². The molecule has 5 nitrogen and oxygen atoms in total. The Bertz CT molecular complexity index is 1080. The topological polar surface area (TPSA) is 89.8 Å². The van der Waals surface area contributed by atoms with Gasteiger partial charge in [-0.3, -0.25) is 4.79 Å². The second-order valence-corrected chi connectivity index (χ2v) is 20.5. The van der Waals surface area contributed by atoms with Gasteiger partial charge in [0.05, 0.1) is 18.8 Å². The highest BCUT2D eigenvalue weighted by Gasteiger charge is 2.26. The van der Waals surface area contributed by atoms with E-state index in [0.717, 1.165) is 51.4 Å². The molecule has 0 radical (unpaired) electrons. The zero-order valence-electron chi connectivity index (χ0n) is 45.0. The number of amides is 1. The number of carbonyl (C=O) groups excluding carboxylic acids is 1. The quantitative estimate of drug-likeness (QED) is 0.0361. The summed E-state index contributed by atoms with van der Waals surface area (Å²) >= 11 is 0. The highest BCUT2D eigenvalue weighted by Crippen LogP contribution is 2.17. The van der Waals surface area contributed by atoms with Crippen molar-refractivity contribution in [2.24, 2.45) is 0 Å². The van der Waals surface area contributed by atoms with Crippen LogP contribution in [0.4, 0.5) is 0 Å². The smallest absolute Gasteiger partial charge is 0.220 e. The molecule has 0 saturated heterocycles. The first-order chi connectivity index (χ1) is 33.1. The predicted octanol–water partition coefficient (Wildman–Crippen LogP) is 18.8. The maximum atomic E-state index is 12.5. The lowest BCUT2D eigenvalue weighted by atomic mass is 10.0. The molecular formula is C62H117NO4. The van der Waals surface area contributed by atoms with Crippen LogP contribution in [-0.4, -0.2) is 46.1 Å². The molecule has 5 heteroatoms. The summed E-state index contributed by atoms with van der Waals surface area (Å²) < 4.78 is 0. The van der Waals surface area contributed by atoms with E-state index in [1.54, 1.807) is 0 Å². The fraction of sp³-hybridized carbons (Fsp3) is 0.855. The Balaban J connectivity index is 3.55. The van der Waals surface area contributed by atoms with Crippen LogP contribution in [-0.2, 0) is 4.79 Å². The van der Waals surface area contributed by atoms with Crippen LogP contribution < -0.4 is 5.32 Å². The van der Waals surface area contributed by atoms with Gasteiger partial charge in [0.25, 0.3) is 0 Å². The van der Waals surface area contributed by atoms with E-state index in [1.165, 1.54) is 238 Å². The molecule has 0 saturated carbocycles. The van der Waals surface area contributed by atoms with Gasteiger partial charge >= 0.3 is 0 Å². The molecule has 3 atom stereocenters. The number of hydrogen-bond acceptors (Lipinski definition) is 4. The minimum absolute atomic E-state index is 0.155. The molecule has 0 rings (SSSR count). The molecule has 0 aliphatic carbocycles. The summed E-state index contributed by atoms with van der Waals surface area (Å²) in [7, 11) is 0. The van der Waals surface area contributed by atoms with Crippen molar-refractivity contribution in [1.29, 1.82) is 0 Å². The highest BCUT2D eigenvalue weighted by molar-refractivity contribution is 5.76. The Morgan fingerprint density at radius 2 is 0.657 bits per heavy atom. The van der Waals surface area contributed by atoms with Gasteiger partial charge in [0, 0.05) is 6.42 Å². The van der Waals surface area contributed by atoms with Gasteiger partial charge < -0.3 is 20.6 Å². The number of hydrogen-bond donors (Lipinski definition) is 4. The maximum absolute atomic E-state index is 12.5. The van der Waals surface area contributed by atoms with Gasteiger partial charge in [-0.05, 0) is 83.5 Å². The molecule has 0 heterocycles. The lowest BCUT2D eigenvalue weighted by molar-refractivity contribution is -0.124. The maximum Gasteiger partial charge on any atom is 0.220 e. The fourth-order valence-corrected chi connectivity index (χ4v) is 9.27. The zero-order chi connectivity index (χ0) is 48.6. The number of aliphatic hydroxyl groups is 3. The number of carbonyl (C=O) groups is 1. The van der Waals surface area contributed by atoms with Crippen LogP contribution in [0.15, 0.2) is 48.6 Å². The third-order valence-corrected chi connectivity index (χ3v) is 13.9. The summed E-state index contributed by atoms with van der Waals surface area (Å²) in [6.07, 6.45) is 75.7. The Labute approximate surface area is 418 Å². The molecule has 0 bridgehead atoms. The molecule has 0 aliphatic heterocycles. The van der Waals surface area contributed by atoms with Gasteiger partial charge in [-0.15, -0.1) is 0 Å². The molecule has 3 unspecified atom stereocenters. The van der Waals surface area contributed by atoms with Gasteiger partial charge in [-0.25, -0.2) is 0 Å². The number of rotatable bonds is 55. The molecule has 4 N–H and O–H groups in total. The van der Waals surface area contributed by atoms with Crippen molar-refractivity contribution in [3.05, 3.63) is 48.6 Å². The fourth-order valence-electron chi connectivity index (χ4n) is 9.27. The van der Waals surface area contributed by atoms with E-state index < -0.39 is 18.2 Å². The number of unbranched alkanes of at least 4 members (excludes halogenated alkanes) is 39. The summed E-state index contributed by atoms with van der Waals surface area (Å²) in [5, 5.41) is 33.7. The van der Waals surface area contributed by atoms with Gasteiger partial charge in [0.2, 0.25) is 5.91 Å². The van der Waals surface area contributed by atoms with E-state index in [4.69, 9.17) is 0 Å². The van der Waals surface area contributed by atoms with E-state index in [-0.39, 0.29) is 12.5 Å². The van der Waals surface area contributed by atoms with Crippen molar-refractivity contribution in [3.8, 4) is 0 Å². The van der Waals surface area contributed by atoms with Crippen molar-refractivity contribution in [3.63, 3.8) is 0 Å². The van der Waals surface area contributed by atoms with Crippen molar-refractivity contribution in [1.82, 2.24) is 5.32 Å². The lowest BCUT2D eigenvalue weighted by Gasteiger charge is -2.26. The SMILES string of the molecule is CCCCCCCCCCC/C=C\C/C=C\CCCCCCCCCCCCCCCCCCCC(=O)NC(CO)C(O)C(O)CCC/C=C/CC/C=C/CCCCCCCCCCCCC. The van der Waals surface area contributed by atoms with Crippen LogP contribution in [0.3, 0.4) is 0 Å². The van der Waals surface area contributed by atoms with E-state index in [1.807, 2.05) is 0 Å². The molecule has 0 aromatic carbocycles. The minimum atomic E-state index is -1.17. The molecule has 394 valence electrons. The van der Waals surface area contributed by atoms with Gasteiger partial charge in [-0.2, -0.15) is 0 Å². The number of nitrogens with one attached hydrogen (secondary N) is 1. The minimum Gasteiger partial charge on any atom is -0.394 e. The van der Waals surface area contributed by atoms with Crippen molar-refractivity contribution < 1.29 is 20.1 Å². The Hall–Kier alpha value is -1.69. The normalized spacial score (nSPS) is 13.6.